The van der Waals surface area contributed by atoms with Gasteiger partial charge in [0.25, 0.3) is 0 Å². The Bertz CT molecular complexity index is 1130. The third-order valence-corrected chi connectivity index (χ3v) is 7.40. The number of hydrogen-bond acceptors (Lipinski definition) is 7. The smallest absolute Gasteiger partial charge is 0.337 e. The van der Waals surface area contributed by atoms with Gasteiger partial charge < -0.3 is 30.5 Å². The molecular weight excluding hydrogens is 582 g/mol. The largest absolute Gasteiger partial charge is 0.490 e. The van der Waals surface area contributed by atoms with E-state index >= 15 is 0 Å². The Labute approximate surface area is 265 Å². The molecule has 11 nitrogen and oxygen atoms in total. The highest BCUT2D eigenvalue weighted by molar-refractivity contribution is 5.94. The van der Waals surface area contributed by atoms with E-state index in [1.54, 1.807) is 30.3 Å². The number of Topliss-reactive ketones (excluding diaryl/α,β-unsaturated/α-hetero) is 1. The summed E-state index contributed by atoms with van der Waals surface area (Å²) >= 11 is 0. The van der Waals surface area contributed by atoms with Crippen molar-refractivity contribution < 1.29 is 49.1 Å². The molecule has 1 amide bonds. The molecule has 3 atom stereocenters. The molecule has 0 aliphatic heterocycles. The van der Waals surface area contributed by atoms with Crippen LogP contribution < -0.4 is 10.1 Å². The highest BCUT2D eigenvalue weighted by Crippen LogP contribution is 2.26. The van der Waals surface area contributed by atoms with Gasteiger partial charge in [-0.05, 0) is 43.4 Å². The number of carbonyl (C=O) groups excluding carboxylic acids is 2. The van der Waals surface area contributed by atoms with Crippen LogP contribution in [0, 0.1) is 5.92 Å². The van der Waals surface area contributed by atoms with Crippen LogP contribution >= 0.6 is 0 Å². The number of rotatable bonds is 26. The van der Waals surface area contributed by atoms with Crippen LogP contribution in [0.4, 0.5) is 0 Å². The van der Waals surface area contributed by atoms with Crippen LogP contribution in [0.2, 0.25) is 0 Å². The topological polar surface area (TPSA) is 188 Å². The van der Waals surface area contributed by atoms with Crippen molar-refractivity contribution in [2.45, 2.75) is 108 Å². The number of hydrogen-bond donors (Lipinski definition) is 5. The Morgan fingerprint density at radius 1 is 0.911 bits per heavy atom. The number of benzene rings is 1. The monoisotopic (exact) mass is 631 g/mol. The average molecular weight is 632 g/mol. The van der Waals surface area contributed by atoms with Crippen molar-refractivity contribution in [2.75, 3.05) is 6.61 Å². The number of ketones is 1. The molecule has 1 rings (SSSR count). The summed E-state index contributed by atoms with van der Waals surface area (Å²) in [6, 6.07) is 4.97. The summed E-state index contributed by atoms with van der Waals surface area (Å²) in [5.74, 6) is -7.18. The number of allylic oxidation sites excluding steroid dienone is 1. The van der Waals surface area contributed by atoms with E-state index in [1.807, 2.05) is 0 Å². The SMILES string of the molecule is C=CCOc1ccc(C[C@H](NC(=O)[C@@H](/C=C/CCCCCCC(=O)CCCCCCC)[C@@](O)(CC(=O)O)C(=O)O)C(=O)O)cc1. The van der Waals surface area contributed by atoms with E-state index in [2.05, 4.69) is 18.8 Å². The normalized spacial score (nSPS) is 13.8. The quantitative estimate of drug-likeness (QED) is 0.0680. The van der Waals surface area contributed by atoms with Crippen molar-refractivity contribution in [1.29, 1.82) is 0 Å². The van der Waals surface area contributed by atoms with Gasteiger partial charge in [-0.3, -0.25) is 14.4 Å². The molecule has 0 aliphatic carbocycles. The second kappa shape index (κ2) is 21.7. The first-order chi connectivity index (χ1) is 21.4. The molecule has 0 aromatic heterocycles. The number of ether oxygens (including phenoxy) is 1. The zero-order chi connectivity index (χ0) is 33.7. The van der Waals surface area contributed by atoms with Gasteiger partial charge >= 0.3 is 17.9 Å². The summed E-state index contributed by atoms with van der Waals surface area (Å²) < 4.78 is 5.40. The molecule has 0 saturated heterocycles. The molecule has 0 bridgehead atoms. The Morgan fingerprint density at radius 3 is 2.04 bits per heavy atom. The third kappa shape index (κ3) is 15.5. The first kappa shape index (κ1) is 39.0. The molecule has 0 heterocycles. The third-order valence-electron chi connectivity index (χ3n) is 7.40. The van der Waals surface area contributed by atoms with E-state index in [9.17, 15) is 44.4 Å². The molecule has 0 fully saturated rings. The maximum Gasteiger partial charge on any atom is 0.337 e. The Kier molecular flexibility index (Phi) is 18.8. The number of amides is 1. The molecule has 0 unspecified atom stereocenters. The van der Waals surface area contributed by atoms with Gasteiger partial charge in [-0.15, -0.1) is 0 Å². The number of carbonyl (C=O) groups is 5. The van der Waals surface area contributed by atoms with Gasteiger partial charge in [-0.25, -0.2) is 9.59 Å². The van der Waals surface area contributed by atoms with Gasteiger partial charge in [0, 0.05) is 19.3 Å². The second-order valence-electron chi connectivity index (χ2n) is 11.2. The highest BCUT2D eigenvalue weighted by Gasteiger charge is 2.49. The molecule has 11 heteroatoms. The van der Waals surface area contributed by atoms with Crippen molar-refractivity contribution in [1.82, 2.24) is 5.32 Å². The molecule has 5 N–H and O–H groups in total. The lowest BCUT2D eigenvalue weighted by Crippen LogP contribution is -2.55. The van der Waals surface area contributed by atoms with E-state index in [1.165, 1.54) is 12.5 Å². The lowest BCUT2D eigenvalue weighted by molar-refractivity contribution is -0.172. The van der Waals surface area contributed by atoms with Crippen LogP contribution in [0.3, 0.4) is 0 Å². The standard InChI is InChI=1S/C34H49NO10/c1-3-5-6-9-12-15-26(36)16-13-10-7-8-11-14-17-28(34(44,33(42)43)24-30(37)38)31(39)35-29(32(40)41)23-25-18-20-27(21-19-25)45-22-4-2/h4,14,17-21,28-29,44H,2-3,5-13,15-16,22-24H2,1H3,(H,35,39)(H,37,38)(H,40,41)(H,42,43)/b17-14+/t28-,29+,34+/m1/s1. The number of aliphatic hydroxyl groups is 1. The number of unbranched alkanes of at least 4 members (excludes halogenated alkanes) is 8. The first-order valence-electron chi connectivity index (χ1n) is 15.7. The average Bonchev–Trinajstić information content (AvgIpc) is 2.98. The minimum atomic E-state index is -3.02. The molecule has 1 aromatic carbocycles. The second-order valence-corrected chi connectivity index (χ2v) is 11.2. The number of aliphatic carboxylic acids is 3. The van der Waals surface area contributed by atoms with Crippen LogP contribution in [0.25, 0.3) is 0 Å². The highest BCUT2D eigenvalue weighted by atomic mass is 16.5. The fourth-order valence-corrected chi connectivity index (χ4v) is 4.81. The maximum absolute atomic E-state index is 13.2. The molecular formula is C34H49NO10. The van der Waals surface area contributed by atoms with Crippen molar-refractivity contribution in [2.24, 2.45) is 5.92 Å². The predicted octanol–water partition coefficient (Wildman–Crippen LogP) is 5.10. The minimum absolute atomic E-state index is 0.162. The number of nitrogens with one attached hydrogen (secondary N) is 1. The molecule has 0 aliphatic rings. The van der Waals surface area contributed by atoms with Gasteiger partial charge in [0.1, 0.15) is 24.2 Å². The Morgan fingerprint density at radius 2 is 1.51 bits per heavy atom. The summed E-state index contributed by atoms with van der Waals surface area (Å²) in [7, 11) is 0. The van der Waals surface area contributed by atoms with E-state index in [4.69, 9.17) is 4.74 Å². The molecule has 1 aromatic rings. The van der Waals surface area contributed by atoms with Crippen molar-refractivity contribution in [3.8, 4) is 5.75 Å². The predicted molar refractivity (Wildman–Crippen MR) is 169 cm³/mol. The van der Waals surface area contributed by atoms with E-state index in [0.29, 0.717) is 37.0 Å². The van der Waals surface area contributed by atoms with Gasteiger partial charge in [0.2, 0.25) is 5.91 Å². The Hall–Kier alpha value is -3.99. The molecule has 45 heavy (non-hydrogen) atoms. The van der Waals surface area contributed by atoms with Gasteiger partial charge in [-0.2, -0.15) is 0 Å². The van der Waals surface area contributed by atoms with Crippen molar-refractivity contribution in [3.05, 3.63) is 54.6 Å². The minimum Gasteiger partial charge on any atom is -0.490 e. The molecule has 250 valence electrons. The van der Waals surface area contributed by atoms with Crippen LogP contribution in [0.15, 0.2) is 49.1 Å². The van der Waals surface area contributed by atoms with Gasteiger partial charge in [0.15, 0.2) is 5.60 Å². The van der Waals surface area contributed by atoms with Crippen LogP contribution in [-0.2, 0) is 30.4 Å². The first-order valence-corrected chi connectivity index (χ1v) is 15.7. The zero-order valence-electron chi connectivity index (χ0n) is 26.2. The van der Waals surface area contributed by atoms with E-state index in [-0.39, 0.29) is 18.8 Å². The summed E-state index contributed by atoms with van der Waals surface area (Å²) in [5, 5.41) is 41.9. The lowest BCUT2D eigenvalue weighted by atomic mass is 9.82. The van der Waals surface area contributed by atoms with E-state index < -0.39 is 47.8 Å². The summed E-state index contributed by atoms with van der Waals surface area (Å²) in [6.45, 7) is 5.99. The van der Waals surface area contributed by atoms with Crippen molar-refractivity contribution >= 4 is 29.6 Å². The number of carboxylic acid groups (broad SMARTS) is 3. The zero-order valence-corrected chi connectivity index (χ0v) is 26.2. The summed E-state index contributed by atoms with van der Waals surface area (Å²) in [4.78, 5) is 60.7. The van der Waals surface area contributed by atoms with Crippen LogP contribution in [0.5, 0.6) is 5.75 Å². The van der Waals surface area contributed by atoms with Crippen LogP contribution in [-0.4, -0.2) is 68.3 Å². The fraction of sp³-hybridized carbons (Fsp3) is 0.559. The molecule has 0 saturated carbocycles. The lowest BCUT2D eigenvalue weighted by Gasteiger charge is -2.29. The van der Waals surface area contributed by atoms with Crippen LogP contribution in [0.1, 0.15) is 96.0 Å². The number of carboxylic acids is 3. The fourth-order valence-electron chi connectivity index (χ4n) is 4.81. The van der Waals surface area contributed by atoms with E-state index in [0.717, 1.165) is 51.0 Å². The Balaban J connectivity index is 2.82. The van der Waals surface area contributed by atoms with Crippen molar-refractivity contribution in [3.63, 3.8) is 0 Å². The van der Waals surface area contributed by atoms with Gasteiger partial charge in [-0.1, -0.05) is 82.4 Å². The molecule has 0 spiro atoms. The summed E-state index contributed by atoms with van der Waals surface area (Å²) in [5.41, 5.74) is -2.48. The summed E-state index contributed by atoms with van der Waals surface area (Å²) in [6.07, 6.45) is 12.8. The maximum atomic E-state index is 13.2. The van der Waals surface area contributed by atoms with Gasteiger partial charge in [0.05, 0.1) is 12.3 Å². The molecule has 0 radical (unpaired) electrons.